The van der Waals surface area contributed by atoms with E-state index in [-0.39, 0.29) is 18.4 Å². The summed E-state index contributed by atoms with van der Waals surface area (Å²) in [6.45, 7) is 6.04. The van der Waals surface area contributed by atoms with Gasteiger partial charge in [-0.25, -0.2) is 4.79 Å². The third kappa shape index (κ3) is 3.87. The van der Waals surface area contributed by atoms with Gasteiger partial charge in [-0.3, -0.25) is 4.79 Å². The fourth-order valence-corrected chi connectivity index (χ4v) is 4.01. The van der Waals surface area contributed by atoms with Gasteiger partial charge in [0.2, 0.25) is 5.78 Å². The number of aromatic nitrogens is 5. The molecule has 10 heteroatoms. The minimum atomic E-state index is -0.588. The maximum absolute atomic E-state index is 12.6. The van der Waals surface area contributed by atoms with Crippen molar-refractivity contribution in [1.82, 2.24) is 24.8 Å². The molecule has 0 amide bonds. The number of Topliss-reactive ketones (excluding diaryl/α,β-unsaturated/α-hetero) is 1. The van der Waals surface area contributed by atoms with Crippen LogP contribution in [0.2, 0.25) is 0 Å². The average Bonchev–Trinajstić information content (AvgIpc) is 3.39. The lowest BCUT2D eigenvalue weighted by Crippen LogP contribution is -2.17. The molecule has 0 unspecified atom stereocenters. The number of esters is 1. The molecule has 0 N–H and O–H groups in total. The number of hydrogen-bond donors (Lipinski definition) is 0. The second kappa shape index (κ2) is 8.44. The van der Waals surface area contributed by atoms with Crippen LogP contribution < -0.4 is 0 Å². The summed E-state index contributed by atoms with van der Waals surface area (Å²) in [4.78, 5) is 25.4. The van der Waals surface area contributed by atoms with E-state index in [1.54, 1.807) is 18.6 Å². The molecule has 28 heavy (non-hydrogen) atoms. The van der Waals surface area contributed by atoms with Crippen LogP contribution in [0, 0.1) is 13.8 Å². The topological polar surface area (TPSA) is 101 Å². The highest BCUT2D eigenvalue weighted by atomic mass is 32.1. The molecule has 3 aromatic heterocycles. The Morgan fingerprint density at radius 1 is 1.32 bits per heavy atom. The third-order valence-corrected chi connectivity index (χ3v) is 5.28. The Kier molecular flexibility index (Phi) is 6.00. The van der Waals surface area contributed by atoms with Gasteiger partial charge >= 0.3 is 5.97 Å². The van der Waals surface area contributed by atoms with Gasteiger partial charge in [0.15, 0.2) is 6.61 Å². The molecular weight excluding hydrogens is 382 g/mol. The van der Waals surface area contributed by atoms with Crippen LogP contribution in [0.4, 0.5) is 0 Å². The number of thiophene rings is 1. The zero-order valence-corrected chi connectivity index (χ0v) is 16.9. The van der Waals surface area contributed by atoms with E-state index in [4.69, 9.17) is 9.47 Å². The second-order valence-electron chi connectivity index (χ2n) is 6.35. The largest absolute Gasteiger partial charge is 0.453 e. The first-order valence-corrected chi connectivity index (χ1v) is 9.50. The number of methoxy groups -OCH3 is 1. The first kappa shape index (κ1) is 19.9. The van der Waals surface area contributed by atoms with E-state index in [1.165, 1.54) is 22.3 Å². The van der Waals surface area contributed by atoms with Gasteiger partial charge in [0, 0.05) is 24.1 Å². The van der Waals surface area contributed by atoms with Crippen LogP contribution in [0.25, 0.3) is 5.69 Å². The molecule has 148 valence electrons. The molecule has 1 atom stereocenters. The number of tetrazole rings is 1. The highest BCUT2D eigenvalue weighted by molar-refractivity contribution is 7.12. The molecule has 0 bridgehead atoms. The van der Waals surface area contributed by atoms with Gasteiger partial charge in [-0.05, 0) is 48.7 Å². The molecule has 0 saturated heterocycles. The number of hydrogen-bond acceptors (Lipinski definition) is 8. The Morgan fingerprint density at radius 2 is 2.11 bits per heavy atom. The van der Waals surface area contributed by atoms with Crippen molar-refractivity contribution in [3.8, 4) is 5.69 Å². The minimum Gasteiger partial charge on any atom is -0.453 e. The minimum absolute atomic E-state index is 0.0964. The van der Waals surface area contributed by atoms with Crippen LogP contribution in [0.1, 0.15) is 44.4 Å². The molecule has 0 aliphatic carbocycles. The van der Waals surface area contributed by atoms with E-state index >= 15 is 0 Å². The zero-order chi connectivity index (χ0) is 20.3. The maximum atomic E-state index is 12.6. The third-order valence-electron chi connectivity index (χ3n) is 4.39. The van der Waals surface area contributed by atoms with E-state index in [1.807, 2.05) is 31.4 Å². The Morgan fingerprint density at radius 3 is 2.79 bits per heavy atom. The van der Waals surface area contributed by atoms with Crippen molar-refractivity contribution in [2.24, 2.45) is 0 Å². The molecule has 0 fully saturated rings. The van der Waals surface area contributed by atoms with Crippen LogP contribution in [-0.2, 0) is 9.47 Å². The maximum Gasteiger partial charge on any atom is 0.351 e. The SMILES string of the molecule is COC[C@H](C)n1c(C)cc(C(=O)COC(=O)c2sccc2-n2cnnn2)c1C. The van der Waals surface area contributed by atoms with Crippen molar-refractivity contribution in [1.29, 1.82) is 0 Å². The van der Waals surface area contributed by atoms with Crippen molar-refractivity contribution in [2.75, 3.05) is 20.3 Å². The number of rotatable bonds is 8. The number of ketones is 1. The molecule has 0 aromatic carbocycles. The van der Waals surface area contributed by atoms with Gasteiger partial charge in [0.05, 0.1) is 18.3 Å². The van der Waals surface area contributed by atoms with Gasteiger partial charge < -0.3 is 14.0 Å². The van der Waals surface area contributed by atoms with Crippen LogP contribution in [0.15, 0.2) is 23.8 Å². The zero-order valence-electron chi connectivity index (χ0n) is 16.1. The van der Waals surface area contributed by atoms with E-state index in [0.717, 1.165) is 11.4 Å². The summed E-state index contributed by atoms with van der Waals surface area (Å²) in [6, 6.07) is 3.62. The average molecular weight is 403 g/mol. The van der Waals surface area contributed by atoms with E-state index in [0.29, 0.717) is 22.7 Å². The summed E-state index contributed by atoms with van der Waals surface area (Å²) in [6.07, 6.45) is 1.39. The van der Waals surface area contributed by atoms with Crippen molar-refractivity contribution in [3.05, 3.63) is 45.7 Å². The molecule has 0 aliphatic heterocycles. The van der Waals surface area contributed by atoms with Gasteiger partial charge in [-0.15, -0.1) is 16.4 Å². The first-order valence-electron chi connectivity index (χ1n) is 8.62. The number of aryl methyl sites for hydroxylation is 1. The molecule has 3 rings (SSSR count). The van der Waals surface area contributed by atoms with Crippen molar-refractivity contribution >= 4 is 23.1 Å². The Bertz CT molecular complexity index is 976. The van der Waals surface area contributed by atoms with Gasteiger partial charge in [0.25, 0.3) is 0 Å². The van der Waals surface area contributed by atoms with Crippen LogP contribution in [0.5, 0.6) is 0 Å². The Labute approximate surface area is 165 Å². The number of carbonyl (C=O) groups is 2. The fourth-order valence-electron chi connectivity index (χ4n) is 3.24. The quantitative estimate of drug-likeness (QED) is 0.420. The lowest BCUT2D eigenvalue weighted by atomic mass is 10.1. The predicted octanol–water partition coefficient (Wildman–Crippen LogP) is 2.39. The van der Waals surface area contributed by atoms with E-state index in [2.05, 4.69) is 15.5 Å². The molecular formula is C18H21N5O4S. The van der Waals surface area contributed by atoms with Crippen molar-refractivity contribution < 1.29 is 19.1 Å². The summed E-state index contributed by atoms with van der Waals surface area (Å²) in [7, 11) is 1.64. The lowest BCUT2D eigenvalue weighted by molar-refractivity contribution is 0.0479. The lowest BCUT2D eigenvalue weighted by Gasteiger charge is -2.17. The molecule has 3 heterocycles. The second-order valence-corrected chi connectivity index (χ2v) is 7.26. The molecule has 0 saturated carbocycles. The molecule has 9 nitrogen and oxygen atoms in total. The van der Waals surface area contributed by atoms with E-state index in [9.17, 15) is 9.59 Å². The Hall–Kier alpha value is -2.85. The monoisotopic (exact) mass is 403 g/mol. The summed E-state index contributed by atoms with van der Waals surface area (Å²) >= 11 is 1.20. The number of ether oxygens (including phenoxy) is 2. The normalized spacial score (nSPS) is 12.1. The van der Waals surface area contributed by atoms with E-state index < -0.39 is 5.97 Å². The molecule has 3 aromatic rings. The molecule has 0 spiro atoms. The molecule has 0 radical (unpaired) electrons. The standard InChI is InChI=1S/C18H21N5O4S/c1-11-7-14(13(3)23(11)12(2)8-26-4)16(24)9-27-18(25)17-15(5-6-28-17)22-10-19-20-21-22/h5-7,10,12H,8-9H2,1-4H3/t12-/m0/s1. The highest BCUT2D eigenvalue weighted by Gasteiger charge is 2.22. The van der Waals surface area contributed by atoms with Gasteiger partial charge in [-0.2, -0.15) is 4.68 Å². The van der Waals surface area contributed by atoms with Crippen LogP contribution >= 0.6 is 11.3 Å². The summed E-state index contributed by atoms with van der Waals surface area (Å²) in [5.74, 6) is -0.840. The number of carbonyl (C=O) groups excluding carboxylic acids is 2. The summed E-state index contributed by atoms with van der Waals surface area (Å²) < 4.78 is 13.9. The van der Waals surface area contributed by atoms with Crippen molar-refractivity contribution in [3.63, 3.8) is 0 Å². The summed E-state index contributed by atoms with van der Waals surface area (Å²) in [5, 5.41) is 12.6. The summed E-state index contributed by atoms with van der Waals surface area (Å²) in [5.41, 5.74) is 2.84. The van der Waals surface area contributed by atoms with Gasteiger partial charge in [-0.1, -0.05) is 0 Å². The first-order chi connectivity index (χ1) is 13.4. The van der Waals surface area contributed by atoms with Crippen LogP contribution in [0.3, 0.4) is 0 Å². The van der Waals surface area contributed by atoms with Crippen molar-refractivity contribution in [2.45, 2.75) is 26.8 Å². The number of nitrogens with zero attached hydrogens (tertiary/aromatic N) is 5. The van der Waals surface area contributed by atoms with Gasteiger partial charge in [0.1, 0.15) is 11.2 Å². The smallest absolute Gasteiger partial charge is 0.351 e. The Balaban J connectivity index is 1.71. The fraction of sp³-hybridized carbons (Fsp3) is 0.389. The van der Waals surface area contributed by atoms with Crippen LogP contribution in [-0.4, -0.2) is 56.9 Å². The highest BCUT2D eigenvalue weighted by Crippen LogP contribution is 2.23. The predicted molar refractivity (Wildman–Crippen MR) is 102 cm³/mol. The molecule has 0 aliphatic rings.